The van der Waals surface area contributed by atoms with Crippen LogP contribution in [0.1, 0.15) is 102 Å². The van der Waals surface area contributed by atoms with Gasteiger partial charge in [0.25, 0.3) is 0 Å². The maximum absolute atomic E-state index is 13.8. The largest absolute Gasteiger partial charge is 0.423 e. The first kappa shape index (κ1) is 29.1. The summed E-state index contributed by atoms with van der Waals surface area (Å²) in [5.74, 6) is 0.343. The smallest absolute Gasteiger partial charge is 0.340 e. The van der Waals surface area contributed by atoms with E-state index in [1.54, 1.807) is 0 Å². The number of rotatable bonds is 12. The predicted molar refractivity (Wildman–Crippen MR) is 157 cm³/mol. The topological polar surface area (TPSA) is 52.6 Å². The minimum absolute atomic E-state index is 0.00596. The van der Waals surface area contributed by atoms with E-state index in [1.807, 2.05) is 24.3 Å². The van der Waals surface area contributed by atoms with E-state index in [2.05, 4.69) is 53.7 Å². The third kappa shape index (κ3) is 6.31. The van der Waals surface area contributed by atoms with Crippen molar-refractivity contribution in [3.05, 3.63) is 69.8 Å². The van der Waals surface area contributed by atoms with Crippen LogP contribution in [0.25, 0.3) is 0 Å². The van der Waals surface area contributed by atoms with Gasteiger partial charge in [-0.05, 0) is 102 Å². The predicted octanol–water partition coefficient (Wildman–Crippen LogP) is 8.37. The second kappa shape index (κ2) is 12.5. The van der Waals surface area contributed by atoms with Crippen LogP contribution in [0.2, 0.25) is 0 Å². The number of fused-ring (bicyclic) bond motifs is 2. The molecule has 0 amide bonds. The summed E-state index contributed by atoms with van der Waals surface area (Å²) in [6.07, 6.45) is 9.67. The molecule has 0 N–H and O–H groups in total. The van der Waals surface area contributed by atoms with Crippen LogP contribution < -0.4 is 9.47 Å². The van der Waals surface area contributed by atoms with E-state index < -0.39 is 11.9 Å². The zero-order chi connectivity index (χ0) is 28.2. The van der Waals surface area contributed by atoms with Gasteiger partial charge < -0.3 is 9.47 Å². The van der Waals surface area contributed by atoms with Crippen molar-refractivity contribution < 1.29 is 19.1 Å². The van der Waals surface area contributed by atoms with Crippen LogP contribution in [0.5, 0.6) is 11.5 Å². The SMILES string of the molecule is CCCc1cc(CCC)cc(OC(=O)C2=C(C(=O)Oc3cc(CCC)cc(CCC)c3)C3CCC2C3(C)C)c1. The van der Waals surface area contributed by atoms with Crippen molar-refractivity contribution in [2.24, 2.45) is 17.3 Å². The summed E-state index contributed by atoms with van der Waals surface area (Å²) in [6, 6.07) is 12.3. The molecule has 2 aliphatic carbocycles. The first-order valence-corrected chi connectivity index (χ1v) is 15.2. The molecule has 210 valence electrons. The van der Waals surface area contributed by atoms with Gasteiger partial charge in [0, 0.05) is 0 Å². The number of carbonyl (C=O) groups excluding carboxylic acids is 2. The highest BCUT2D eigenvalue weighted by molar-refractivity contribution is 6.04. The molecular formula is C35H46O4. The number of carbonyl (C=O) groups is 2. The Morgan fingerprint density at radius 2 is 0.923 bits per heavy atom. The van der Waals surface area contributed by atoms with Crippen molar-refractivity contribution >= 4 is 11.9 Å². The summed E-state index contributed by atoms with van der Waals surface area (Å²) in [4.78, 5) is 27.6. The number of ether oxygens (including phenoxy) is 2. The summed E-state index contributed by atoms with van der Waals surface area (Å²) in [5, 5.41) is 0. The lowest BCUT2D eigenvalue weighted by Gasteiger charge is -2.25. The van der Waals surface area contributed by atoms with Crippen LogP contribution in [-0.2, 0) is 35.3 Å². The average Bonchev–Trinajstić information content (AvgIpc) is 3.29. The van der Waals surface area contributed by atoms with Gasteiger partial charge in [0.15, 0.2) is 0 Å². The van der Waals surface area contributed by atoms with Crippen molar-refractivity contribution in [3.8, 4) is 11.5 Å². The number of hydrogen-bond donors (Lipinski definition) is 0. The maximum atomic E-state index is 13.8. The molecule has 39 heavy (non-hydrogen) atoms. The highest BCUT2D eigenvalue weighted by Gasteiger charge is 2.57. The van der Waals surface area contributed by atoms with Crippen LogP contribution >= 0.6 is 0 Å². The van der Waals surface area contributed by atoms with Crippen molar-refractivity contribution in [2.75, 3.05) is 0 Å². The Balaban J connectivity index is 1.66. The van der Waals surface area contributed by atoms with Gasteiger partial charge >= 0.3 is 11.9 Å². The van der Waals surface area contributed by atoms with Gasteiger partial charge in [-0.15, -0.1) is 0 Å². The van der Waals surface area contributed by atoms with Crippen LogP contribution in [0.15, 0.2) is 47.5 Å². The highest BCUT2D eigenvalue weighted by atomic mass is 16.5. The summed E-state index contributed by atoms with van der Waals surface area (Å²) < 4.78 is 12.1. The minimum Gasteiger partial charge on any atom is -0.423 e. The van der Waals surface area contributed by atoms with E-state index in [9.17, 15) is 9.59 Å². The molecule has 2 aliphatic rings. The molecule has 0 heterocycles. The zero-order valence-corrected chi connectivity index (χ0v) is 24.8. The first-order valence-electron chi connectivity index (χ1n) is 15.2. The lowest BCUT2D eigenvalue weighted by molar-refractivity contribution is -0.133. The Hall–Kier alpha value is -2.88. The lowest BCUT2D eigenvalue weighted by Crippen LogP contribution is -2.24. The molecule has 1 fully saturated rings. The summed E-state index contributed by atoms with van der Waals surface area (Å²) >= 11 is 0. The van der Waals surface area contributed by atoms with Gasteiger partial charge in [0.1, 0.15) is 11.5 Å². The quantitative estimate of drug-likeness (QED) is 0.204. The van der Waals surface area contributed by atoms with E-state index in [1.165, 1.54) is 22.3 Å². The Morgan fingerprint density at radius 1 is 0.615 bits per heavy atom. The fourth-order valence-corrected chi connectivity index (χ4v) is 6.86. The maximum Gasteiger partial charge on any atom is 0.340 e. The van der Waals surface area contributed by atoms with Gasteiger partial charge in [-0.3, -0.25) is 0 Å². The molecule has 4 rings (SSSR count). The molecule has 0 radical (unpaired) electrons. The fourth-order valence-electron chi connectivity index (χ4n) is 6.86. The van der Waals surface area contributed by atoms with Crippen molar-refractivity contribution in [3.63, 3.8) is 0 Å². The third-order valence-corrected chi connectivity index (χ3v) is 8.60. The van der Waals surface area contributed by atoms with E-state index in [0.29, 0.717) is 22.6 Å². The van der Waals surface area contributed by atoms with Crippen LogP contribution in [0.3, 0.4) is 0 Å². The average molecular weight is 531 g/mol. The minimum atomic E-state index is -0.398. The number of aryl methyl sites for hydroxylation is 4. The van der Waals surface area contributed by atoms with Gasteiger partial charge in [-0.2, -0.15) is 0 Å². The first-order chi connectivity index (χ1) is 18.7. The van der Waals surface area contributed by atoms with Gasteiger partial charge in [-0.1, -0.05) is 79.4 Å². The second-order valence-corrected chi connectivity index (χ2v) is 12.1. The Morgan fingerprint density at radius 3 is 1.21 bits per heavy atom. The molecule has 2 unspecified atom stereocenters. The molecule has 2 bridgehead atoms. The molecule has 4 nitrogen and oxygen atoms in total. The van der Waals surface area contributed by atoms with Crippen LogP contribution in [0.4, 0.5) is 0 Å². The molecule has 2 aromatic rings. The molecule has 0 aliphatic heterocycles. The Kier molecular flexibility index (Phi) is 9.35. The summed E-state index contributed by atoms with van der Waals surface area (Å²) in [7, 11) is 0. The molecule has 4 heteroatoms. The molecular weight excluding hydrogens is 484 g/mol. The molecule has 2 atom stereocenters. The normalized spacial score (nSPS) is 19.4. The molecule has 0 aromatic heterocycles. The van der Waals surface area contributed by atoms with Crippen molar-refractivity contribution in [2.45, 2.75) is 106 Å². The standard InChI is InChI=1S/C35H46O4/c1-7-11-23-17-24(12-8-2)20-27(19-23)38-33(36)31-29-15-16-30(35(29,5)6)32(31)34(37)39-28-21-25(13-9-3)18-26(22-28)14-10-4/h17-22,29-30H,7-16H2,1-6H3. The van der Waals surface area contributed by atoms with E-state index in [-0.39, 0.29) is 17.3 Å². The molecule has 1 saturated carbocycles. The van der Waals surface area contributed by atoms with Crippen molar-refractivity contribution in [1.29, 1.82) is 0 Å². The summed E-state index contributed by atoms with van der Waals surface area (Å²) in [5.41, 5.74) is 5.60. The van der Waals surface area contributed by atoms with Gasteiger partial charge in [0.05, 0.1) is 11.1 Å². The highest BCUT2D eigenvalue weighted by Crippen LogP contribution is 2.60. The fraction of sp³-hybridized carbons (Fsp3) is 0.543. The van der Waals surface area contributed by atoms with Gasteiger partial charge in [0.2, 0.25) is 0 Å². The van der Waals surface area contributed by atoms with Crippen molar-refractivity contribution in [1.82, 2.24) is 0 Å². The third-order valence-electron chi connectivity index (χ3n) is 8.60. The summed E-state index contributed by atoms with van der Waals surface area (Å²) in [6.45, 7) is 13.0. The molecule has 0 saturated heterocycles. The molecule has 2 aromatic carbocycles. The number of benzene rings is 2. The van der Waals surface area contributed by atoms with E-state index in [0.717, 1.165) is 64.2 Å². The Labute approximate surface area is 235 Å². The van der Waals surface area contributed by atoms with Gasteiger partial charge in [-0.25, -0.2) is 9.59 Å². The number of hydrogen-bond acceptors (Lipinski definition) is 4. The molecule has 0 spiro atoms. The second-order valence-electron chi connectivity index (χ2n) is 12.1. The van der Waals surface area contributed by atoms with E-state index in [4.69, 9.17) is 9.47 Å². The number of esters is 2. The zero-order valence-electron chi connectivity index (χ0n) is 24.8. The van der Waals surface area contributed by atoms with Crippen LogP contribution in [-0.4, -0.2) is 11.9 Å². The van der Waals surface area contributed by atoms with Crippen LogP contribution in [0, 0.1) is 17.3 Å². The van der Waals surface area contributed by atoms with E-state index >= 15 is 0 Å². The monoisotopic (exact) mass is 530 g/mol. The Bertz CT molecular complexity index is 1090. The lowest BCUT2D eigenvalue weighted by atomic mass is 9.79.